The maximum Gasteiger partial charge on any atom is 0.334 e. The molecule has 1 N–H and O–H groups in total. The first-order valence-electron chi connectivity index (χ1n) is 5.26. The van der Waals surface area contributed by atoms with Crippen LogP contribution in [0.3, 0.4) is 0 Å². The maximum absolute atomic E-state index is 10.5. The van der Waals surface area contributed by atoms with Crippen LogP contribution in [0.25, 0.3) is 0 Å². The summed E-state index contributed by atoms with van der Waals surface area (Å²) in [6.07, 6.45) is 2.15. The molecule has 1 aromatic rings. The number of carbonyl (C=O) groups is 1. The molecule has 0 bridgehead atoms. The molecule has 0 amide bonds. The minimum atomic E-state index is -1.03. The molecule has 0 spiro atoms. The minimum Gasteiger partial charge on any atom is -0.489 e. The van der Waals surface area contributed by atoms with Crippen molar-refractivity contribution in [2.24, 2.45) is 0 Å². The first-order chi connectivity index (χ1) is 7.63. The molecule has 16 heavy (non-hydrogen) atoms. The molecule has 0 aliphatic rings. The highest BCUT2D eigenvalue weighted by Gasteiger charge is 2.04. The van der Waals surface area contributed by atoms with Crippen molar-refractivity contribution < 1.29 is 14.6 Å². The van der Waals surface area contributed by atoms with Crippen molar-refractivity contribution in [1.29, 1.82) is 0 Å². The van der Waals surface area contributed by atoms with Gasteiger partial charge in [0.2, 0.25) is 0 Å². The van der Waals surface area contributed by atoms with Crippen molar-refractivity contribution in [2.45, 2.75) is 19.8 Å². The lowest BCUT2D eigenvalue weighted by Crippen LogP contribution is -2.08. The van der Waals surface area contributed by atoms with Gasteiger partial charge in [0.05, 0.1) is 5.57 Å². The zero-order valence-electron chi connectivity index (χ0n) is 9.40. The summed E-state index contributed by atoms with van der Waals surface area (Å²) in [6.45, 7) is 5.53. The summed E-state index contributed by atoms with van der Waals surface area (Å²) >= 11 is 0. The summed E-state index contributed by atoms with van der Waals surface area (Å²) in [7, 11) is 0. The Hall–Kier alpha value is -1.77. The van der Waals surface area contributed by atoms with Crippen LogP contribution in [0.2, 0.25) is 0 Å². The van der Waals surface area contributed by atoms with Gasteiger partial charge in [0, 0.05) is 0 Å². The molecule has 3 nitrogen and oxygen atoms in total. The average Bonchev–Trinajstić information content (AvgIpc) is 2.28. The van der Waals surface area contributed by atoms with Gasteiger partial charge in [0.15, 0.2) is 0 Å². The summed E-state index contributed by atoms with van der Waals surface area (Å²) in [6, 6.07) is 7.67. The molecule has 0 radical (unpaired) electrons. The fourth-order valence-corrected chi connectivity index (χ4v) is 1.27. The van der Waals surface area contributed by atoms with Crippen molar-refractivity contribution in [3.05, 3.63) is 42.0 Å². The lowest BCUT2D eigenvalue weighted by atomic mass is 10.1. The standard InChI is InChI=1S/C13H16O3/c1-3-4-11-5-7-12(8-6-11)16-9-10(2)13(14)15/h5-8H,2-4,9H2,1H3,(H,14,15). The second-order valence-electron chi connectivity index (χ2n) is 3.59. The highest BCUT2D eigenvalue weighted by molar-refractivity contribution is 5.86. The van der Waals surface area contributed by atoms with Crippen LogP contribution in [-0.2, 0) is 11.2 Å². The number of benzene rings is 1. The number of hydrogen-bond donors (Lipinski definition) is 1. The lowest BCUT2D eigenvalue weighted by Gasteiger charge is -2.06. The van der Waals surface area contributed by atoms with Gasteiger partial charge in [-0.3, -0.25) is 0 Å². The molecule has 0 aliphatic carbocycles. The Morgan fingerprint density at radius 2 is 2.00 bits per heavy atom. The number of ether oxygens (including phenoxy) is 1. The topological polar surface area (TPSA) is 46.5 Å². The molecule has 0 atom stereocenters. The van der Waals surface area contributed by atoms with E-state index in [1.807, 2.05) is 24.3 Å². The van der Waals surface area contributed by atoms with Crippen LogP contribution < -0.4 is 4.74 Å². The normalized spacial score (nSPS) is 9.81. The number of aryl methyl sites for hydroxylation is 1. The van der Waals surface area contributed by atoms with Crippen LogP contribution in [-0.4, -0.2) is 17.7 Å². The van der Waals surface area contributed by atoms with Gasteiger partial charge < -0.3 is 9.84 Å². The van der Waals surface area contributed by atoms with Gasteiger partial charge in [-0.2, -0.15) is 0 Å². The van der Waals surface area contributed by atoms with Crippen molar-refractivity contribution in [3.63, 3.8) is 0 Å². The molecule has 0 saturated carbocycles. The number of carboxylic acids is 1. The molecule has 1 aromatic carbocycles. The predicted molar refractivity (Wildman–Crippen MR) is 62.7 cm³/mol. The molecule has 86 valence electrons. The van der Waals surface area contributed by atoms with Gasteiger partial charge >= 0.3 is 5.97 Å². The van der Waals surface area contributed by atoms with Gasteiger partial charge in [-0.25, -0.2) is 4.79 Å². The molecule has 0 aromatic heterocycles. The van der Waals surface area contributed by atoms with Gasteiger partial charge in [-0.05, 0) is 24.1 Å². The fraction of sp³-hybridized carbons (Fsp3) is 0.308. The molecular formula is C13H16O3. The van der Waals surface area contributed by atoms with Gasteiger partial charge in [0.1, 0.15) is 12.4 Å². The first kappa shape index (κ1) is 12.3. The van der Waals surface area contributed by atoms with Crippen LogP contribution in [0, 0.1) is 0 Å². The second-order valence-corrected chi connectivity index (χ2v) is 3.59. The number of aliphatic carboxylic acids is 1. The molecule has 0 fully saturated rings. The molecular weight excluding hydrogens is 204 g/mol. The molecule has 0 saturated heterocycles. The Labute approximate surface area is 95.4 Å². The van der Waals surface area contributed by atoms with E-state index in [1.54, 1.807) is 0 Å². The highest BCUT2D eigenvalue weighted by atomic mass is 16.5. The summed E-state index contributed by atoms with van der Waals surface area (Å²) in [5.41, 5.74) is 1.31. The van der Waals surface area contributed by atoms with Gasteiger partial charge in [0.25, 0.3) is 0 Å². The molecule has 0 aliphatic heterocycles. The average molecular weight is 220 g/mol. The Kier molecular flexibility index (Phi) is 4.58. The zero-order valence-corrected chi connectivity index (χ0v) is 9.40. The second kappa shape index (κ2) is 5.95. The van der Waals surface area contributed by atoms with Crippen molar-refractivity contribution >= 4 is 5.97 Å². The van der Waals surface area contributed by atoms with E-state index in [2.05, 4.69) is 13.5 Å². The molecule has 0 heterocycles. The van der Waals surface area contributed by atoms with Crippen molar-refractivity contribution in [3.8, 4) is 5.75 Å². The van der Waals surface area contributed by atoms with E-state index >= 15 is 0 Å². The largest absolute Gasteiger partial charge is 0.489 e. The number of carboxylic acid groups (broad SMARTS) is 1. The van der Waals surface area contributed by atoms with Crippen LogP contribution >= 0.6 is 0 Å². The third-order valence-corrected chi connectivity index (χ3v) is 2.18. The van der Waals surface area contributed by atoms with E-state index in [0.717, 1.165) is 12.8 Å². The SMILES string of the molecule is C=C(COc1ccc(CCC)cc1)C(=O)O. The Bertz CT molecular complexity index is 365. The fourth-order valence-electron chi connectivity index (χ4n) is 1.27. The monoisotopic (exact) mass is 220 g/mol. The van der Waals surface area contributed by atoms with Crippen LogP contribution in [0.15, 0.2) is 36.4 Å². The van der Waals surface area contributed by atoms with E-state index in [1.165, 1.54) is 5.56 Å². The van der Waals surface area contributed by atoms with Gasteiger partial charge in [-0.15, -0.1) is 0 Å². The van der Waals surface area contributed by atoms with Crippen LogP contribution in [0.1, 0.15) is 18.9 Å². The van der Waals surface area contributed by atoms with Crippen molar-refractivity contribution in [1.82, 2.24) is 0 Å². The quantitative estimate of drug-likeness (QED) is 0.750. The Morgan fingerprint density at radius 3 is 2.50 bits per heavy atom. The summed E-state index contributed by atoms with van der Waals surface area (Å²) in [5, 5.41) is 8.59. The third kappa shape index (κ3) is 3.77. The van der Waals surface area contributed by atoms with Crippen LogP contribution in [0.4, 0.5) is 0 Å². The van der Waals surface area contributed by atoms with Gasteiger partial charge in [-0.1, -0.05) is 32.1 Å². The van der Waals surface area contributed by atoms with E-state index in [0.29, 0.717) is 5.75 Å². The summed E-state index contributed by atoms with van der Waals surface area (Å²) in [4.78, 5) is 10.5. The van der Waals surface area contributed by atoms with Crippen LogP contribution in [0.5, 0.6) is 5.75 Å². The van der Waals surface area contributed by atoms with E-state index < -0.39 is 5.97 Å². The predicted octanol–water partition coefficient (Wildman–Crippen LogP) is 2.66. The van der Waals surface area contributed by atoms with E-state index in [-0.39, 0.29) is 12.2 Å². The smallest absolute Gasteiger partial charge is 0.334 e. The summed E-state index contributed by atoms with van der Waals surface area (Å²) < 4.78 is 5.28. The lowest BCUT2D eigenvalue weighted by molar-refractivity contribution is -0.133. The number of hydrogen-bond acceptors (Lipinski definition) is 2. The third-order valence-electron chi connectivity index (χ3n) is 2.18. The van der Waals surface area contributed by atoms with Crippen molar-refractivity contribution in [2.75, 3.05) is 6.61 Å². The Morgan fingerprint density at radius 1 is 1.38 bits per heavy atom. The Balaban J connectivity index is 2.49. The molecule has 1 rings (SSSR count). The molecule has 3 heteroatoms. The maximum atomic E-state index is 10.5. The number of rotatable bonds is 6. The molecule has 0 unspecified atom stereocenters. The zero-order chi connectivity index (χ0) is 12.0. The van der Waals surface area contributed by atoms with E-state index in [9.17, 15) is 4.79 Å². The minimum absolute atomic E-state index is 0.0163. The summed E-state index contributed by atoms with van der Waals surface area (Å²) in [5.74, 6) is -0.357. The van der Waals surface area contributed by atoms with E-state index in [4.69, 9.17) is 9.84 Å². The highest BCUT2D eigenvalue weighted by Crippen LogP contribution is 2.13. The first-order valence-corrected chi connectivity index (χ1v) is 5.26.